The molecule has 1 fully saturated rings. The average molecular weight is 546 g/mol. The molecule has 1 amide bonds. The van der Waals surface area contributed by atoms with E-state index in [0.717, 1.165) is 39.3 Å². The van der Waals surface area contributed by atoms with Crippen LogP contribution in [0, 0.1) is 5.92 Å². The number of nitrogens with one attached hydrogen (secondary N) is 2. The lowest BCUT2D eigenvalue weighted by Gasteiger charge is -2.36. The minimum Gasteiger partial charge on any atom is -0.379 e. The maximum absolute atomic E-state index is 12.1. The van der Waals surface area contributed by atoms with Crippen LogP contribution in [0.5, 0.6) is 0 Å². The van der Waals surface area contributed by atoms with Crippen molar-refractivity contribution in [3.63, 3.8) is 0 Å². The smallest absolute Gasteiger partial charge is 0.243 e. The molecule has 0 saturated carbocycles. The van der Waals surface area contributed by atoms with Gasteiger partial charge in [-0.3, -0.25) is 9.69 Å². The van der Waals surface area contributed by atoms with Gasteiger partial charge in [-0.15, -0.1) is 24.0 Å². The summed E-state index contributed by atoms with van der Waals surface area (Å²) in [6.07, 6.45) is 1.10. The Hall–Kier alpha value is -1.39. The molecule has 0 bridgehead atoms. The number of nitrogens with zero attached hydrogens (tertiary/aromatic N) is 3. The molecule has 1 heterocycles. The van der Waals surface area contributed by atoms with Gasteiger partial charge >= 0.3 is 0 Å². The number of carbonyl (C=O) groups is 1. The Balaban J connectivity index is 0.00000480. The van der Waals surface area contributed by atoms with E-state index in [1.165, 1.54) is 5.56 Å². The second-order valence-electron chi connectivity index (χ2n) is 8.54. The van der Waals surface area contributed by atoms with E-state index in [2.05, 4.69) is 53.4 Å². The molecule has 176 valence electrons. The Kier molecular flexibility index (Phi) is 13.0. The molecule has 2 atom stereocenters. The van der Waals surface area contributed by atoms with Gasteiger partial charge in [0.15, 0.2) is 5.96 Å². The SMILES string of the molecule is CC(C)CC(CNC(=NCC(=O)N(C)C)NC(C)c1ccccc1)N1CCOCC1.I. The number of aliphatic imine (C=N–C) groups is 1. The van der Waals surface area contributed by atoms with Gasteiger partial charge in [-0.05, 0) is 24.8 Å². The maximum atomic E-state index is 12.1. The van der Waals surface area contributed by atoms with Crippen LogP contribution in [0.1, 0.15) is 38.8 Å². The van der Waals surface area contributed by atoms with Crippen LogP contribution in [-0.4, -0.2) is 81.2 Å². The van der Waals surface area contributed by atoms with Gasteiger partial charge in [0.1, 0.15) is 6.54 Å². The number of benzene rings is 1. The summed E-state index contributed by atoms with van der Waals surface area (Å²) >= 11 is 0. The molecular weight excluding hydrogens is 505 g/mol. The maximum Gasteiger partial charge on any atom is 0.243 e. The summed E-state index contributed by atoms with van der Waals surface area (Å²) in [6, 6.07) is 10.7. The fourth-order valence-corrected chi connectivity index (χ4v) is 3.53. The van der Waals surface area contributed by atoms with Crippen LogP contribution in [0.15, 0.2) is 35.3 Å². The number of amides is 1. The fourth-order valence-electron chi connectivity index (χ4n) is 3.53. The number of carbonyl (C=O) groups excluding carboxylic acids is 1. The van der Waals surface area contributed by atoms with E-state index in [1.54, 1.807) is 19.0 Å². The Labute approximate surface area is 205 Å². The summed E-state index contributed by atoms with van der Waals surface area (Å²) in [4.78, 5) is 20.7. The molecular formula is C23H40IN5O2. The molecule has 0 radical (unpaired) electrons. The molecule has 1 aromatic carbocycles. The number of morpholine rings is 1. The Morgan fingerprint density at radius 3 is 2.39 bits per heavy atom. The molecule has 7 nitrogen and oxygen atoms in total. The monoisotopic (exact) mass is 545 g/mol. The van der Waals surface area contributed by atoms with Gasteiger partial charge in [0.2, 0.25) is 5.91 Å². The Bertz CT molecular complexity index is 663. The third kappa shape index (κ3) is 10.2. The first-order chi connectivity index (χ1) is 14.4. The van der Waals surface area contributed by atoms with Crippen LogP contribution in [0.25, 0.3) is 0 Å². The van der Waals surface area contributed by atoms with Crippen molar-refractivity contribution in [2.45, 2.75) is 39.3 Å². The molecule has 2 rings (SSSR count). The van der Waals surface area contributed by atoms with Gasteiger partial charge in [0.05, 0.1) is 19.3 Å². The lowest BCUT2D eigenvalue weighted by molar-refractivity contribution is -0.127. The molecule has 2 N–H and O–H groups in total. The number of hydrogen-bond acceptors (Lipinski definition) is 4. The van der Waals surface area contributed by atoms with Gasteiger partial charge in [-0.1, -0.05) is 44.2 Å². The van der Waals surface area contributed by atoms with Crippen LogP contribution >= 0.6 is 24.0 Å². The van der Waals surface area contributed by atoms with Crippen LogP contribution in [0.4, 0.5) is 0 Å². The summed E-state index contributed by atoms with van der Waals surface area (Å²) < 4.78 is 5.53. The summed E-state index contributed by atoms with van der Waals surface area (Å²) in [5.41, 5.74) is 1.18. The normalized spacial score (nSPS) is 16.9. The molecule has 0 aliphatic carbocycles. The van der Waals surface area contributed by atoms with E-state index >= 15 is 0 Å². The van der Waals surface area contributed by atoms with Crippen molar-refractivity contribution < 1.29 is 9.53 Å². The van der Waals surface area contributed by atoms with Gasteiger partial charge in [0.25, 0.3) is 0 Å². The standard InChI is InChI=1S/C23H39N5O2.HI/c1-18(2)15-21(28-11-13-30-14-12-28)16-24-23(25-17-22(29)27(4)5)26-19(3)20-9-7-6-8-10-20;/h6-10,18-19,21H,11-17H2,1-5H3,(H2,24,25,26);1H. The summed E-state index contributed by atoms with van der Waals surface area (Å²) in [7, 11) is 3.50. The highest BCUT2D eigenvalue weighted by Gasteiger charge is 2.22. The van der Waals surface area contributed by atoms with Crippen LogP contribution in [-0.2, 0) is 9.53 Å². The van der Waals surface area contributed by atoms with Crippen LogP contribution in [0.3, 0.4) is 0 Å². The van der Waals surface area contributed by atoms with E-state index in [1.807, 2.05) is 18.2 Å². The largest absolute Gasteiger partial charge is 0.379 e. The predicted octanol–water partition coefficient (Wildman–Crippen LogP) is 2.74. The van der Waals surface area contributed by atoms with Crippen molar-refractivity contribution in [1.82, 2.24) is 20.4 Å². The number of rotatable bonds is 9. The number of ether oxygens (including phenoxy) is 1. The minimum atomic E-state index is -0.0182. The number of guanidine groups is 1. The first kappa shape index (κ1) is 27.6. The van der Waals surface area contributed by atoms with E-state index < -0.39 is 0 Å². The first-order valence-corrected chi connectivity index (χ1v) is 11.0. The van der Waals surface area contributed by atoms with Crippen molar-refractivity contribution in [3.8, 4) is 0 Å². The molecule has 8 heteroatoms. The van der Waals surface area contributed by atoms with E-state index in [9.17, 15) is 4.79 Å². The molecule has 1 saturated heterocycles. The average Bonchev–Trinajstić information content (AvgIpc) is 2.75. The van der Waals surface area contributed by atoms with E-state index in [4.69, 9.17) is 4.74 Å². The van der Waals surface area contributed by atoms with Gasteiger partial charge in [-0.2, -0.15) is 0 Å². The van der Waals surface area contributed by atoms with Crippen molar-refractivity contribution in [1.29, 1.82) is 0 Å². The third-order valence-corrected chi connectivity index (χ3v) is 5.33. The molecule has 2 unspecified atom stereocenters. The molecule has 1 aliphatic heterocycles. The van der Waals surface area contributed by atoms with Gasteiger partial charge in [0, 0.05) is 39.8 Å². The molecule has 0 aromatic heterocycles. The van der Waals surface area contributed by atoms with Gasteiger partial charge in [-0.25, -0.2) is 4.99 Å². The highest BCUT2D eigenvalue weighted by Crippen LogP contribution is 2.14. The number of likely N-dealkylation sites (N-methyl/N-ethyl adjacent to an activating group) is 1. The van der Waals surface area contributed by atoms with Crippen LogP contribution in [0.2, 0.25) is 0 Å². The summed E-state index contributed by atoms with van der Waals surface area (Å²) in [5, 5.41) is 6.97. The molecule has 1 aliphatic rings. The van der Waals surface area contributed by atoms with Crippen molar-refractivity contribution in [2.24, 2.45) is 10.9 Å². The van der Waals surface area contributed by atoms with Crippen molar-refractivity contribution in [2.75, 3.05) is 53.5 Å². The van der Waals surface area contributed by atoms with Crippen molar-refractivity contribution >= 4 is 35.8 Å². The zero-order chi connectivity index (χ0) is 21.9. The Morgan fingerprint density at radius 1 is 1.16 bits per heavy atom. The Morgan fingerprint density at radius 2 is 1.81 bits per heavy atom. The molecule has 0 spiro atoms. The highest BCUT2D eigenvalue weighted by atomic mass is 127. The quantitative estimate of drug-likeness (QED) is 0.284. The highest BCUT2D eigenvalue weighted by molar-refractivity contribution is 14.0. The predicted molar refractivity (Wildman–Crippen MR) is 138 cm³/mol. The summed E-state index contributed by atoms with van der Waals surface area (Å²) in [5.74, 6) is 1.26. The second kappa shape index (κ2) is 14.6. The first-order valence-electron chi connectivity index (χ1n) is 11.0. The fraction of sp³-hybridized carbons (Fsp3) is 0.652. The van der Waals surface area contributed by atoms with E-state index in [0.29, 0.717) is 17.9 Å². The number of halogens is 1. The van der Waals surface area contributed by atoms with Crippen molar-refractivity contribution in [3.05, 3.63) is 35.9 Å². The zero-order valence-corrected chi connectivity index (χ0v) is 22.0. The zero-order valence-electron chi connectivity index (χ0n) is 19.6. The molecule has 31 heavy (non-hydrogen) atoms. The lowest BCUT2D eigenvalue weighted by atomic mass is 10.0. The van der Waals surface area contributed by atoms with E-state index in [-0.39, 0.29) is 42.5 Å². The summed E-state index contributed by atoms with van der Waals surface area (Å²) in [6.45, 7) is 11.0. The number of hydrogen-bond donors (Lipinski definition) is 2. The van der Waals surface area contributed by atoms with Gasteiger partial charge < -0.3 is 20.3 Å². The lowest BCUT2D eigenvalue weighted by Crippen LogP contribution is -2.51. The third-order valence-electron chi connectivity index (χ3n) is 5.33. The topological polar surface area (TPSA) is 69.2 Å². The molecule has 1 aromatic rings. The second-order valence-corrected chi connectivity index (χ2v) is 8.54. The minimum absolute atomic E-state index is 0. The van der Waals surface area contributed by atoms with Crippen LogP contribution < -0.4 is 10.6 Å².